The third kappa shape index (κ3) is 1.47. The topological polar surface area (TPSA) is 0 Å². The SMILES string of the molecule is C=CC1=C(C)C=CC=C[CH]1. The molecule has 0 saturated heterocycles. The average molecular weight is 131 g/mol. The van der Waals surface area contributed by atoms with Gasteiger partial charge in [0, 0.05) is 6.42 Å². The Morgan fingerprint density at radius 1 is 1.30 bits per heavy atom. The van der Waals surface area contributed by atoms with Crippen LogP contribution in [0.4, 0.5) is 0 Å². The lowest BCUT2D eigenvalue weighted by atomic mass is 10.1. The fourth-order valence-corrected chi connectivity index (χ4v) is 0.880. The number of rotatable bonds is 1. The van der Waals surface area contributed by atoms with Crippen molar-refractivity contribution in [2.24, 2.45) is 0 Å². The summed E-state index contributed by atoms with van der Waals surface area (Å²) in [6.45, 7) is 5.80. The van der Waals surface area contributed by atoms with Gasteiger partial charge in [0.15, 0.2) is 0 Å². The van der Waals surface area contributed by atoms with Crippen LogP contribution >= 0.6 is 0 Å². The standard InChI is InChI=1S/C10H11/c1-3-10-8-6-4-5-7-9(10)2/h3-8H,1H2,2H3. The van der Waals surface area contributed by atoms with Gasteiger partial charge in [-0.1, -0.05) is 37.0 Å². The molecule has 0 aromatic rings. The van der Waals surface area contributed by atoms with Crippen molar-refractivity contribution < 1.29 is 0 Å². The maximum Gasteiger partial charge on any atom is 0.0127 e. The van der Waals surface area contributed by atoms with E-state index in [2.05, 4.69) is 26.0 Å². The van der Waals surface area contributed by atoms with Crippen molar-refractivity contribution in [2.75, 3.05) is 0 Å². The molecule has 0 aliphatic heterocycles. The fourth-order valence-electron chi connectivity index (χ4n) is 0.880. The highest BCUT2D eigenvalue weighted by molar-refractivity contribution is 5.43. The molecule has 0 heterocycles. The summed E-state index contributed by atoms with van der Waals surface area (Å²) in [4.78, 5) is 0. The zero-order valence-corrected chi connectivity index (χ0v) is 6.17. The van der Waals surface area contributed by atoms with Gasteiger partial charge in [0.2, 0.25) is 0 Å². The second kappa shape index (κ2) is 3.21. The monoisotopic (exact) mass is 131 g/mol. The van der Waals surface area contributed by atoms with Gasteiger partial charge in [0.05, 0.1) is 0 Å². The Morgan fingerprint density at radius 2 is 2.10 bits per heavy atom. The van der Waals surface area contributed by atoms with E-state index in [0.29, 0.717) is 0 Å². The van der Waals surface area contributed by atoms with Crippen LogP contribution in [0, 0.1) is 6.42 Å². The molecule has 1 rings (SSSR count). The zero-order valence-electron chi connectivity index (χ0n) is 6.17. The molecule has 0 amide bonds. The first kappa shape index (κ1) is 7.07. The molecule has 0 unspecified atom stereocenters. The highest BCUT2D eigenvalue weighted by Gasteiger charge is 1.94. The van der Waals surface area contributed by atoms with E-state index >= 15 is 0 Å². The highest BCUT2D eigenvalue weighted by atomic mass is 14.0. The molecule has 10 heavy (non-hydrogen) atoms. The van der Waals surface area contributed by atoms with E-state index in [0.717, 1.165) is 0 Å². The van der Waals surface area contributed by atoms with E-state index in [1.165, 1.54) is 11.1 Å². The molecule has 0 saturated carbocycles. The van der Waals surface area contributed by atoms with Gasteiger partial charge in [-0.25, -0.2) is 0 Å². The Morgan fingerprint density at radius 3 is 2.80 bits per heavy atom. The number of hydrogen-bond acceptors (Lipinski definition) is 0. The van der Waals surface area contributed by atoms with E-state index in [4.69, 9.17) is 0 Å². The average Bonchev–Trinajstić information content (AvgIpc) is 2.13. The van der Waals surface area contributed by atoms with Crippen LogP contribution in [-0.2, 0) is 0 Å². The first-order chi connectivity index (χ1) is 4.84. The largest absolute Gasteiger partial charge is 0.0988 e. The first-order valence-corrected chi connectivity index (χ1v) is 3.36. The van der Waals surface area contributed by atoms with E-state index < -0.39 is 0 Å². The fraction of sp³-hybridized carbons (Fsp3) is 0.100. The summed E-state index contributed by atoms with van der Waals surface area (Å²) in [6, 6.07) is 0. The Hall–Kier alpha value is -1.04. The molecule has 1 radical (unpaired) electrons. The Bertz CT molecular complexity index is 214. The first-order valence-electron chi connectivity index (χ1n) is 3.36. The van der Waals surface area contributed by atoms with E-state index in [1.54, 1.807) is 0 Å². The van der Waals surface area contributed by atoms with E-state index in [-0.39, 0.29) is 0 Å². The Balaban J connectivity index is 2.92. The van der Waals surface area contributed by atoms with E-state index in [9.17, 15) is 0 Å². The van der Waals surface area contributed by atoms with Crippen LogP contribution in [-0.4, -0.2) is 0 Å². The minimum absolute atomic E-state index is 1.20. The van der Waals surface area contributed by atoms with Crippen molar-refractivity contribution in [3.05, 3.63) is 54.5 Å². The molecule has 0 N–H and O–H groups in total. The van der Waals surface area contributed by atoms with Gasteiger partial charge in [-0.05, 0) is 18.1 Å². The van der Waals surface area contributed by atoms with Gasteiger partial charge in [-0.15, -0.1) is 0 Å². The summed E-state index contributed by atoms with van der Waals surface area (Å²) in [5, 5.41) is 0. The van der Waals surface area contributed by atoms with E-state index in [1.807, 2.05) is 24.3 Å². The van der Waals surface area contributed by atoms with Gasteiger partial charge in [-0.2, -0.15) is 0 Å². The van der Waals surface area contributed by atoms with Gasteiger partial charge in [-0.3, -0.25) is 0 Å². The van der Waals surface area contributed by atoms with Crippen LogP contribution in [0.25, 0.3) is 0 Å². The van der Waals surface area contributed by atoms with Crippen molar-refractivity contribution in [3.63, 3.8) is 0 Å². The summed E-state index contributed by atoms with van der Waals surface area (Å²) < 4.78 is 0. The summed E-state index contributed by atoms with van der Waals surface area (Å²) in [5.41, 5.74) is 2.46. The van der Waals surface area contributed by atoms with Crippen molar-refractivity contribution in [3.8, 4) is 0 Å². The lowest BCUT2D eigenvalue weighted by Gasteiger charge is -1.97. The molecule has 0 aromatic carbocycles. The molecular formula is C10H11. The molecule has 0 fully saturated rings. The molecule has 0 heteroatoms. The number of allylic oxidation sites excluding steroid dienone is 7. The second-order valence-electron chi connectivity index (χ2n) is 2.25. The number of hydrogen-bond donors (Lipinski definition) is 0. The Kier molecular flexibility index (Phi) is 2.27. The maximum atomic E-state index is 3.72. The molecule has 0 atom stereocenters. The molecule has 1 aliphatic carbocycles. The third-order valence-corrected chi connectivity index (χ3v) is 1.52. The molecule has 51 valence electrons. The summed E-state index contributed by atoms with van der Waals surface area (Å²) in [6.07, 6.45) is 12.1. The van der Waals surface area contributed by atoms with Crippen LogP contribution in [0.15, 0.2) is 48.1 Å². The Labute approximate surface area is 62.3 Å². The van der Waals surface area contributed by atoms with Gasteiger partial charge < -0.3 is 0 Å². The highest BCUT2D eigenvalue weighted by Crippen LogP contribution is 2.13. The normalized spacial score (nSPS) is 17.3. The molecular weight excluding hydrogens is 120 g/mol. The molecule has 0 spiro atoms. The maximum absolute atomic E-state index is 3.72. The van der Waals surface area contributed by atoms with Crippen molar-refractivity contribution >= 4 is 0 Å². The molecule has 0 bridgehead atoms. The van der Waals surface area contributed by atoms with Crippen LogP contribution in [0.2, 0.25) is 0 Å². The predicted molar refractivity (Wildman–Crippen MR) is 45.5 cm³/mol. The smallest absolute Gasteiger partial charge is 0.0127 e. The van der Waals surface area contributed by atoms with Crippen molar-refractivity contribution in [1.29, 1.82) is 0 Å². The molecule has 0 aromatic heterocycles. The minimum atomic E-state index is 1.20. The van der Waals surface area contributed by atoms with Crippen molar-refractivity contribution in [2.45, 2.75) is 6.92 Å². The van der Waals surface area contributed by atoms with Crippen LogP contribution in [0.1, 0.15) is 6.92 Å². The third-order valence-electron chi connectivity index (χ3n) is 1.52. The van der Waals surface area contributed by atoms with Gasteiger partial charge in [0.1, 0.15) is 0 Å². The molecule has 1 aliphatic rings. The van der Waals surface area contributed by atoms with Crippen LogP contribution in [0.5, 0.6) is 0 Å². The summed E-state index contributed by atoms with van der Waals surface area (Å²) in [5.74, 6) is 0. The van der Waals surface area contributed by atoms with Gasteiger partial charge in [0.25, 0.3) is 0 Å². The summed E-state index contributed by atoms with van der Waals surface area (Å²) >= 11 is 0. The minimum Gasteiger partial charge on any atom is -0.0988 e. The molecule has 0 nitrogen and oxygen atoms in total. The van der Waals surface area contributed by atoms with Gasteiger partial charge >= 0.3 is 0 Å². The predicted octanol–water partition coefficient (Wildman–Crippen LogP) is 2.82. The zero-order chi connectivity index (χ0) is 7.40. The lowest BCUT2D eigenvalue weighted by Crippen LogP contribution is -1.79. The van der Waals surface area contributed by atoms with Crippen LogP contribution in [0.3, 0.4) is 0 Å². The van der Waals surface area contributed by atoms with Crippen molar-refractivity contribution in [1.82, 2.24) is 0 Å². The summed E-state index contributed by atoms with van der Waals surface area (Å²) in [7, 11) is 0. The lowest BCUT2D eigenvalue weighted by molar-refractivity contribution is 1.42. The van der Waals surface area contributed by atoms with Crippen LogP contribution < -0.4 is 0 Å². The second-order valence-corrected chi connectivity index (χ2v) is 2.25. The quantitative estimate of drug-likeness (QED) is 0.513.